The second kappa shape index (κ2) is 6.39. The van der Waals surface area contributed by atoms with Crippen molar-refractivity contribution in [3.05, 3.63) is 34.3 Å². The highest BCUT2D eigenvalue weighted by atomic mass is 35.5. The van der Waals surface area contributed by atoms with Crippen molar-refractivity contribution in [2.24, 2.45) is 0 Å². The maximum atomic E-state index is 9.05. The van der Waals surface area contributed by atoms with Crippen molar-refractivity contribution >= 4 is 11.6 Å². The lowest BCUT2D eigenvalue weighted by Crippen LogP contribution is -2.42. The van der Waals surface area contributed by atoms with E-state index in [2.05, 4.69) is 25.2 Å². The first-order valence-corrected chi connectivity index (χ1v) is 6.49. The van der Waals surface area contributed by atoms with E-state index in [1.54, 1.807) is 0 Å². The van der Waals surface area contributed by atoms with E-state index in [0.717, 1.165) is 30.0 Å². The molecule has 0 heterocycles. The summed E-state index contributed by atoms with van der Waals surface area (Å²) in [5.74, 6) is 0. The molecule has 0 fully saturated rings. The summed E-state index contributed by atoms with van der Waals surface area (Å²) in [4.78, 5) is 0. The maximum absolute atomic E-state index is 9.05. The molecule has 0 amide bonds. The predicted molar refractivity (Wildman–Crippen MR) is 73.4 cm³/mol. The van der Waals surface area contributed by atoms with Crippen LogP contribution in [0.3, 0.4) is 0 Å². The van der Waals surface area contributed by atoms with Gasteiger partial charge in [0.2, 0.25) is 0 Å². The molecule has 0 saturated heterocycles. The SMILES string of the molecule is CCC(C)(CCO)NCc1ccc(C)c(Cl)c1. The van der Waals surface area contributed by atoms with Gasteiger partial charge in [-0.2, -0.15) is 0 Å². The van der Waals surface area contributed by atoms with Crippen LogP contribution in [0.1, 0.15) is 37.8 Å². The van der Waals surface area contributed by atoms with Crippen LogP contribution in [0.4, 0.5) is 0 Å². The van der Waals surface area contributed by atoms with Gasteiger partial charge in [0.25, 0.3) is 0 Å². The van der Waals surface area contributed by atoms with Gasteiger partial charge in [-0.15, -0.1) is 0 Å². The molecule has 1 atom stereocenters. The Labute approximate surface area is 109 Å². The average molecular weight is 256 g/mol. The number of aryl methyl sites for hydroxylation is 1. The van der Waals surface area contributed by atoms with Crippen LogP contribution in [-0.2, 0) is 6.54 Å². The van der Waals surface area contributed by atoms with Crippen LogP contribution in [0.15, 0.2) is 18.2 Å². The highest BCUT2D eigenvalue weighted by molar-refractivity contribution is 6.31. The Morgan fingerprint density at radius 3 is 2.65 bits per heavy atom. The zero-order chi connectivity index (χ0) is 12.9. The van der Waals surface area contributed by atoms with E-state index in [1.807, 2.05) is 19.1 Å². The van der Waals surface area contributed by atoms with Crippen molar-refractivity contribution in [2.75, 3.05) is 6.61 Å². The molecule has 0 saturated carbocycles. The number of hydrogen-bond acceptors (Lipinski definition) is 2. The summed E-state index contributed by atoms with van der Waals surface area (Å²) >= 11 is 6.09. The molecule has 0 aliphatic carbocycles. The number of hydrogen-bond donors (Lipinski definition) is 2. The summed E-state index contributed by atoms with van der Waals surface area (Å²) in [5, 5.41) is 13.4. The van der Waals surface area contributed by atoms with Gasteiger partial charge in [0, 0.05) is 23.7 Å². The summed E-state index contributed by atoms with van der Waals surface area (Å²) in [5.41, 5.74) is 2.27. The molecular weight excluding hydrogens is 234 g/mol. The van der Waals surface area contributed by atoms with Crippen molar-refractivity contribution in [3.8, 4) is 0 Å². The number of aliphatic hydroxyl groups is 1. The normalized spacial score (nSPS) is 14.6. The molecule has 1 aromatic rings. The topological polar surface area (TPSA) is 32.3 Å². The minimum Gasteiger partial charge on any atom is -0.396 e. The number of halogens is 1. The Morgan fingerprint density at radius 2 is 2.12 bits per heavy atom. The van der Waals surface area contributed by atoms with Gasteiger partial charge < -0.3 is 10.4 Å². The zero-order valence-electron chi connectivity index (χ0n) is 10.9. The lowest BCUT2D eigenvalue weighted by atomic mass is 9.94. The van der Waals surface area contributed by atoms with Crippen LogP contribution in [0, 0.1) is 6.92 Å². The maximum Gasteiger partial charge on any atom is 0.0448 e. The minimum atomic E-state index is -0.00783. The summed E-state index contributed by atoms with van der Waals surface area (Å²) < 4.78 is 0. The Bertz CT molecular complexity index is 367. The van der Waals surface area contributed by atoms with E-state index in [1.165, 1.54) is 5.56 Å². The lowest BCUT2D eigenvalue weighted by molar-refractivity contribution is 0.214. The van der Waals surface area contributed by atoms with E-state index in [4.69, 9.17) is 16.7 Å². The molecular formula is C14H22ClNO. The predicted octanol–water partition coefficient (Wildman–Crippen LogP) is 3.29. The third-order valence-electron chi connectivity index (χ3n) is 3.40. The first-order valence-electron chi connectivity index (χ1n) is 6.11. The van der Waals surface area contributed by atoms with Crippen LogP contribution in [0.5, 0.6) is 0 Å². The Kier molecular flexibility index (Phi) is 5.44. The first kappa shape index (κ1) is 14.5. The molecule has 1 aromatic carbocycles. The van der Waals surface area contributed by atoms with E-state index in [9.17, 15) is 0 Å². The second-order valence-corrected chi connectivity index (χ2v) is 5.23. The molecule has 3 heteroatoms. The number of rotatable bonds is 6. The van der Waals surface area contributed by atoms with Gasteiger partial charge in [-0.3, -0.25) is 0 Å². The van der Waals surface area contributed by atoms with Gasteiger partial charge >= 0.3 is 0 Å². The van der Waals surface area contributed by atoms with Crippen LogP contribution < -0.4 is 5.32 Å². The average Bonchev–Trinajstić information content (AvgIpc) is 2.31. The van der Waals surface area contributed by atoms with Crippen LogP contribution >= 0.6 is 11.6 Å². The number of nitrogens with one attached hydrogen (secondary N) is 1. The fraction of sp³-hybridized carbons (Fsp3) is 0.571. The largest absolute Gasteiger partial charge is 0.396 e. The van der Waals surface area contributed by atoms with Gasteiger partial charge in [-0.25, -0.2) is 0 Å². The van der Waals surface area contributed by atoms with Crippen LogP contribution in [0.2, 0.25) is 5.02 Å². The standard InChI is InChI=1S/C14H22ClNO/c1-4-14(3,7-8-17)16-10-12-6-5-11(2)13(15)9-12/h5-6,9,16-17H,4,7-8,10H2,1-3H3. The molecule has 1 unspecified atom stereocenters. The first-order chi connectivity index (χ1) is 8.00. The van der Waals surface area contributed by atoms with Crippen LogP contribution in [0.25, 0.3) is 0 Å². The van der Waals surface area contributed by atoms with E-state index in [0.29, 0.717) is 0 Å². The van der Waals surface area contributed by atoms with Crippen molar-refractivity contribution in [1.29, 1.82) is 0 Å². The Hall–Kier alpha value is -0.570. The molecule has 2 nitrogen and oxygen atoms in total. The van der Waals surface area contributed by atoms with Crippen molar-refractivity contribution in [1.82, 2.24) is 5.32 Å². The van der Waals surface area contributed by atoms with Crippen molar-refractivity contribution < 1.29 is 5.11 Å². The minimum absolute atomic E-state index is 0.00783. The highest BCUT2D eigenvalue weighted by Crippen LogP contribution is 2.19. The Balaban J connectivity index is 2.62. The Morgan fingerprint density at radius 1 is 1.41 bits per heavy atom. The molecule has 0 aromatic heterocycles. The van der Waals surface area contributed by atoms with Gasteiger partial charge in [-0.05, 0) is 43.9 Å². The molecule has 0 bridgehead atoms. The van der Waals surface area contributed by atoms with Gasteiger partial charge in [0.15, 0.2) is 0 Å². The van der Waals surface area contributed by atoms with E-state index in [-0.39, 0.29) is 12.1 Å². The third-order valence-corrected chi connectivity index (χ3v) is 3.81. The summed E-state index contributed by atoms with van der Waals surface area (Å²) in [6.45, 7) is 7.27. The van der Waals surface area contributed by atoms with Gasteiger partial charge in [0.1, 0.15) is 0 Å². The second-order valence-electron chi connectivity index (χ2n) is 4.82. The fourth-order valence-electron chi connectivity index (χ4n) is 1.70. The van der Waals surface area contributed by atoms with Crippen LogP contribution in [-0.4, -0.2) is 17.3 Å². The molecule has 0 radical (unpaired) electrons. The van der Waals surface area contributed by atoms with E-state index >= 15 is 0 Å². The summed E-state index contributed by atoms with van der Waals surface area (Å²) in [6, 6.07) is 6.12. The smallest absolute Gasteiger partial charge is 0.0448 e. The lowest BCUT2D eigenvalue weighted by Gasteiger charge is -2.29. The quantitative estimate of drug-likeness (QED) is 0.818. The van der Waals surface area contributed by atoms with Crippen molar-refractivity contribution in [3.63, 3.8) is 0 Å². The third kappa shape index (κ3) is 4.30. The van der Waals surface area contributed by atoms with E-state index < -0.39 is 0 Å². The van der Waals surface area contributed by atoms with Crippen molar-refractivity contribution in [2.45, 2.75) is 45.7 Å². The molecule has 96 valence electrons. The molecule has 0 aliphatic rings. The summed E-state index contributed by atoms with van der Waals surface area (Å²) in [6.07, 6.45) is 1.76. The van der Waals surface area contributed by atoms with Gasteiger partial charge in [0.05, 0.1) is 0 Å². The molecule has 0 spiro atoms. The zero-order valence-corrected chi connectivity index (χ0v) is 11.6. The fourth-order valence-corrected chi connectivity index (χ4v) is 1.90. The number of benzene rings is 1. The molecule has 0 aliphatic heterocycles. The highest BCUT2D eigenvalue weighted by Gasteiger charge is 2.20. The number of aliphatic hydroxyl groups excluding tert-OH is 1. The molecule has 17 heavy (non-hydrogen) atoms. The molecule has 1 rings (SSSR count). The monoisotopic (exact) mass is 255 g/mol. The molecule has 2 N–H and O–H groups in total. The summed E-state index contributed by atoms with van der Waals surface area (Å²) in [7, 11) is 0. The van der Waals surface area contributed by atoms with Gasteiger partial charge in [-0.1, -0.05) is 30.7 Å².